The molecular weight excluding hydrogens is 302 g/mol. The highest BCUT2D eigenvalue weighted by Gasteiger charge is 2.23. The molecule has 5 heteroatoms. The number of hydrogen-bond acceptors (Lipinski definition) is 3. The number of amides is 1. The molecule has 0 saturated carbocycles. The summed E-state index contributed by atoms with van der Waals surface area (Å²) in [6.45, 7) is 0.325. The minimum Gasteiger partial charge on any atom is -0.347 e. The number of imidazole rings is 1. The monoisotopic (exact) mass is 321 g/mol. The number of nitrogens with one attached hydrogen (secondary N) is 1. The normalized spacial score (nSPS) is 11.8. The van der Waals surface area contributed by atoms with E-state index < -0.39 is 0 Å². The van der Waals surface area contributed by atoms with Crippen LogP contribution in [0.1, 0.15) is 23.0 Å². The summed E-state index contributed by atoms with van der Waals surface area (Å²) in [7, 11) is 0. The fourth-order valence-electron chi connectivity index (χ4n) is 2.52. The van der Waals surface area contributed by atoms with Crippen LogP contribution in [0.5, 0.6) is 0 Å². The Balaban J connectivity index is 1.76. The van der Waals surface area contributed by atoms with Crippen molar-refractivity contribution in [1.29, 1.82) is 0 Å². The Labute approximate surface area is 140 Å². The third-order valence-corrected chi connectivity index (χ3v) is 3.74. The minimum atomic E-state index is -0.316. The molecule has 1 unspecified atom stereocenters. The van der Waals surface area contributed by atoms with Crippen molar-refractivity contribution in [2.24, 2.45) is 0 Å². The molecule has 3 aromatic rings. The van der Waals surface area contributed by atoms with E-state index in [1.165, 1.54) is 5.06 Å². The molecule has 0 aliphatic carbocycles. The molecule has 122 valence electrons. The molecular formula is C19H19N3O2. The highest BCUT2D eigenvalue weighted by atomic mass is 16.7. The number of aromatic nitrogens is 2. The van der Waals surface area contributed by atoms with Crippen molar-refractivity contribution in [2.45, 2.75) is 19.1 Å². The van der Waals surface area contributed by atoms with E-state index >= 15 is 0 Å². The van der Waals surface area contributed by atoms with Gasteiger partial charge in [0.15, 0.2) is 0 Å². The van der Waals surface area contributed by atoms with Gasteiger partial charge in [-0.2, -0.15) is 0 Å². The van der Waals surface area contributed by atoms with Gasteiger partial charge in [0.25, 0.3) is 0 Å². The summed E-state index contributed by atoms with van der Waals surface area (Å²) in [6, 6.07) is 19.4. The molecule has 0 fully saturated rings. The first-order valence-electron chi connectivity index (χ1n) is 7.80. The molecule has 2 aromatic carbocycles. The molecule has 24 heavy (non-hydrogen) atoms. The van der Waals surface area contributed by atoms with Gasteiger partial charge in [0.2, 0.25) is 6.41 Å². The lowest BCUT2D eigenvalue weighted by Crippen LogP contribution is -2.30. The number of aromatic amines is 1. The van der Waals surface area contributed by atoms with Gasteiger partial charge in [-0.25, -0.2) is 10.0 Å². The molecule has 0 aliphatic rings. The SMILES string of the molecule is O=CN(OCc1ccccc1)C(Cc1ccccc1)c1ncc[nH]1. The van der Waals surface area contributed by atoms with Crippen LogP contribution in [-0.2, 0) is 22.7 Å². The fraction of sp³-hybridized carbons (Fsp3) is 0.158. The summed E-state index contributed by atoms with van der Waals surface area (Å²) in [5.41, 5.74) is 2.11. The standard InChI is InChI=1S/C19H19N3O2/c23-15-22(24-14-17-9-5-2-6-10-17)18(19-20-11-12-21-19)13-16-7-3-1-4-8-16/h1-12,15,18H,13-14H2,(H,20,21). The number of hydrogen-bond donors (Lipinski definition) is 1. The number of rotatable bonds is 8. The number of hydroxylamine groups is 2. The zero-order valence-corrected chi connectivity index (χ0v) is 13.2. The van der Waals surface area contributed by atoms with Gasteiger partial charge >= 0.3 is 0 Å². The molecule has 0 aliphatic heterocycles. The van der Waals surface area contributed by atoms with Crippen LogP contribution in [0.2, 0.25) is 0 Å². The van der Waals surface area contributed by atoms with Crippen molar-refractivity contribution in [2.75, 3.05) is 0 Å². The highest BCUT2D eigenvalue weighted by molar-refractivity contribution is 5.46. The summed E-state index contributed by atoms with van der Waals surface area (Å²) in [5, 5.41) is 1.33. The van der Waals surface area contributed by atoms with Crippen molar-refractivity contribution in [3.63, 3.8) is 0 Å². The average Bonchev–Trinajstić information content (AvgIpc) is 3.17. The van der Waals surface area contributed by atoms with Crippen LogP contribution in [0.25, 0.3) is 0 Å². The van der Waals surface area contributed by atoms with Gasteiger partial charge in [-0.3, -0.25) is 9.63 Å². The van der Waals surface area contributed by atoms with E-state index in [-0.39, 0.29) is 6.04 Å². The van der Waals surface area contributed by atoms with E-state index in [2.05, 4.69) is 9.97 Å². The molecule has 0 bridgehead atoms. The third kappa shape index (κ3) is 4.08. The number of H-pyrrole nitrogens is 1. The number of carbonyl (C=O) groups excluding carboxylic acids is 1. The molecule has 0 radical (unpaired) electrons. The summed E-state index contributed by atoms with van der Waals surface area (Å²) in [4.78, 5) is 24.7. The molecule has 1 atom stereocenters. The van der Waals surface area contributed by atoms with E-state index in [0.29, 0.717) is 25.3 Å². The first-order valence-corrected chi connectivity index (χ1v) is 7.80. The second kappa shape index (κ2) is 8.08. The van der Waals surface area contributed by atoms with Crippen LogP contribution < -0.4 is 0 Å². The Morgan fingerprint density at radius 1 is 1.04 bits per heavy atom. The Kier molecular flexibility index (Phi) is 5.37. The molecule has 1 N–H and O–H groups in total. The maximum atomic E-state index is 11.6. The quantitative estimate of drug-likeness (QED) is 0.511. The Morgan fingerprint density at radius 2 is 1.71 bits per heavy atom. The summed E-state index contributed by atoms with van der Waals surface area (Å²) in [6.07, 6.45) is 4.74. The maximum absolute atomic E-state index is 11.6. The second-order valence-electron chi connectivity index (χ2n) is 5.40. The van der Waals surface area contributed by atoms with Crippen LogP contribution in [0, 0.1) is 0 Å². The molecule has 1 amide bonds. The minimum absolute atomic E-state index is 0.316. The number of carbonyl (C=O) groups is 1. The van der Waals surface area contributed by atoms with Crippen LogP contribution in [0.4, 0.5) is 0 Å². The number of benzene rings is 2. The third-order valence-electron chi connectivity index (χ3n) is 3.74. The van der Waals surface area contributed by atoms with Crippen molar-refractivity contribution in [1.82, 2.24) is 15.0 Å². The van der Waals surface area contributed by atoms with E-state index in [4.69, 9.17) is 4.84 Å². The van der Waals surface area contributed by atoms with Gasteiger partial charge in [0.1, 0.15) is 18.5 Å². The molecule has 0 spiro atoms. The lowest BCUT2D eigenvalue weighted by atomic mass is 10.1. The van der Waals surface area contributed by atoms with Gasteiger partial charge < -0.3 is 4.98 Å². The maximum Gasteiger partial charge on any atom is 0.234 e. The molecule has 1 heterocycles. The first kappa shape index (κ1) is 16.0. The topological polar surface area (TPSA) is 58.2 Å². The van der Waals surface area contributed by atoms with E-state index in [0.717, 1.165) is 11.1 Å². The number of nitrogens with zero attached hydrogens (tertiary/aromatic N) is 2. The fourth-order valence-corrected chi connectivity index (χ4v) is 2.52. The largest absolute Gasteiger partial charge is 0.347 e. The van der Waals surface area contributed by atoms with Crippen LogP contribution in [0.3, 0.4) is 0 Å². The Morgan fingerprint density at radius 3 is 2.29 bits per heavy atom. The molecule has 0 saturated heterocycles. The Hall–Kier alpha value is -2.92. The average molecular weight is 321 g/mol. The van der Waals surface area contributed by atoms with Crippen molar-refractivity contribution in [3.8, 4) is 0 Å². The second-order valence-corrected chi connectivity index (χ2v) is 5.40. The molecule has 3 rings (SSSR count). The predicted molar refractivity (Wildman–Crippen MR) is 90.6 cm³/mol. The van der Waals surface area contributed by atoms with Crippen LogP contribution in [-0.4, -0.2) is 21.4 Å². The summed E-state index contributed by atoms with van der Waals surface area (Å²) in [5.74, 6) is 0.694. The van der Waals surface area contributed by atoms with Crippen molar-refractivity contribution >= 4 is 6.41 Å². The van der Waals surface area contributed by atoms with E-state index in [1.54, 1.807) is 12.4 Å². The molecule has 1 aromatic heterocycles. The highest BCUT2D eigenvalue weighted by Crippen LogP contribution is 2.22. The van der Waals surface area contributed by atoms with E-state index in [1.807, 2.05) is 60.7 Å². The van der Waals surface area contributed by atoms with E-state index in [9.17, 15) is 4.79 Å². The smallest absolute Gasteiger partial charge is 0.234 e. The van der Waals surface area contributed by atoms with Gasteiger partial charge in [-0.1, -0.05) is 60.7 Å². The summed E-state index contributed by atoms with van der Waals surface area (Å²) >= 11 is 0. The predicted octanol–water partition coefficient (Wildman–Crippen LogP) is 3.28. The first-order chi connectivity index (χ1) is 11.9. The summed E-state index contributed by atoms with van der Waals surface area (Å²) < 4.78 is 0. The van der Waals surface area contributed by atoms with Gasteiger partial charge in [-0.05, 0) is 11.1 Å². The lowest BCUT2D eigenvalue weighted by molar-refractivity contribution is -0.194. The Bertz CT molecular complexity index is 730. The van der Waals surface area contributed by atoms with Crippen LogP contribution in [0.15, 0.2) is 73.1 Å². The van der Waals surface area contributed by atoms with Crippen molar-refractivity contribution in [3.05, 3.63) is 90.0 Å². The van der Waals surface area contributed by atoms with Gasteiger partial charge in [0, 0.05) is 18.8 Å². The van der Waals surface area contributed by atoms with Crippen LogP contribution >= 0.6 is 0 Å². The zero-order valence-electron chi connectivity index (χ0n) is 13.2. The van der Waals surface area contributed by atoms with Gasteiger partial charge in [-0.15, -0.1) is 0 Å². The zero-order chi connectivity index (χ0) is 16.6. The van der Waals surface area contributed by atoms with Crippen molar-refractivity contribution < 1.29 is 9.63 Å². The van der Waals surface area contributed by atoms with Gasteiger partial charge in [0.05, 0.1) is 0 Å². The lowest BCUT2D eigenvalue weighted by Gasteiger charge is -2.26. The molecule has 5 nitrogen and oxygen atoms in total.